The van der Waals surface area contributed by atoms with Crippen molar-refractivity contribution in [3.63, 3.8) is 0 Å². The van der Waals surface area contributed by atoms with Crippen molar-refractivity contribution in [2.24, 2.45) is 5.73 Å². The second-order valence-corrected chi connectivity index (χ2v) is 6.43. The molecule has 0 unspecified atom stereocenters. The topological polar surface area (TPSA) is 72.2 Å². The minimum atomic E-state index is -5.11. The normalized spacial score (nSPS) is 13.1. The van der Waals surface area contributed by atoms with E-state index in [1.165, 1.54) is 12.1 Å². The Kier molecular flexibility index (Phi) is 6.46. The molecule has 2 aromatic carbocycles. The maximum absolute atomic E-state index is 12.9. The Morgan fingerprint density at radius 1 is 0.966 bits per heavy atom. The summed E-state index contributed by atoms with van der Waals surface area (Å²) in [6, 6.07) is 5.22. The van der Waals surface area contributed by atoms with E-state index in [-0.39, 0.29) is 29.6 Å². The molecule has 11 heteroatoms. The Morgan fingerprint density at radius 3 is 1.93 bits per heavy atom. The highest BCUT2D eigenvalue weighted by molar-refractivity contribution is 6.31. The quantitative estimate of drug-likeness (QED) is 0.687. The number of alkyl halides is 6. The predicted octanol–water partition coefficient (Wildman–Crippen LogP) is 4.20. The van der Waals surface area contributed by atoms with Gasteiger partial charge in [0, 0.05) is 17.0 Å². The van der Waals surface area contributed by atoms with Crippen LogP contribution in [0.25, 0.3) is 0 Å². The largest absolute Gasteiger partial charge is 0.416 e. The van der Waals surface area contributed by atoms with Gasteiger partial charge in [-0.05, 0) is 29.8 Å². The van der Waals surface area contributed by atoms with Gasteiger partial charge in [0.1, 0.15) is 6.04 Å². The Bertz CT molecular complexity index is 895. The van der Waals surface area contributed by atoms with Gasteiger partial charge in [-0.3, -0.25) is 9.59 Å². The Balaban J connectivity index is 2.36. The third-order valence-corrected chi connectivity index (χ3v) is 4.25. The summed E-state index contributed by atoms with van der Waals surface area (Å²) in [6.07, 6.45) is -10.4. The lowest BCUT2D eigenvalue weighted by Crippen LogP contribution is -2.46. The van der Waals surface area contributed by atoms with E-state index in [0.717, 1.165) is 0 Å². The van der Waals surface area contributed by atoms with Crippen LogP contribution in [0.2, 0.25) is 5.02 Å². The van der Waals surface area contributed by atoms with E-state index in [1.54, 1.807) is 12.1 Å². The van der Waals surface area contributed by atoms with E-state index in [9.17, 15) is 35.9 Å². The fourth-order valence-electron chi connectivity index (χ4n) is 2.43. The van der Waals surface area contributed by atoms with Gasteiger partial charge >= 0.3 is 12.4 Å². The number of amides is 2. The molecule has 0 radical (unpaired) electrons. The zero-order valence-corrected chi connectivity index (χ0v) is 15.1. The second kappa shape index (κ2) is 8.32. The first-order valence-electron chi connectivity index (χ1n) is 7.92. The molecule has 0 saturated carbocycles. The average molecular weight is 439 g/mol. The minimum absolute atomic E-state index is 0.105. The summed E-state index contributed by atoms with van der Waals surface area (Å²) in [5.74, 6) is -2.36. The average Bonchev–Trinajstić information content (AvgIpc) is 2.60. The number of nitrogens with two attached hydrogens (primary N) is 1. The molecular weight excluding hydrogens is 426 g/mol. The number of hydrogen-bond acceptors (Lipinski definition) is 2. The van der Waals surface area contributed by atoms with Crippen molar-refractivity contribution in [1.29, 1.82) is 0 Å². The third-order valence-electron chi connectivity index (χ3n) is 3.88. The van der Waals surface area contributed by atoms with Crippen molar-refractivity contribution >= 4 is 23.4 Å². The van der Waals surface area contributed by atoms with Crippen molar-refractivity contribution in [2.75, 3.05) is 0 Å². The van der Waals surface area contributed by atoms with Crippen molar-refractivity contribution < 1.29 is 35.9 Å². The number of primary amides is 1. The van der Waals surface area contributed by atoms with E-state index in [4.69, 9.17) is 17.3 Å². The number of rotatable bonds is 5. The van der Waals surface area contributed by atoms with Crippen LogP contribution < -0.4 is 11.1 Å². The molecular formula is C18H13ClF6N2O2. The molecule has 2 amide bonds. The van der Waals surface area contributed by atoms with Gasteiger partial charge in [-0.15, -0.1) is 0 Å². The number of hydrogen-bond donors (Lipinski definition) is 2. The lowest BCUT2D eigenvalue weighted by molar-refractivity contribution is -0.143. The highest BCUT2D eigenvalue weighted by atomic mass is 35.5. The highest BCUT2D eigenvalue weighted by Gasteiger charge is 2.37. The summed E-state index contributed by atoms with van der Waals surface area (Å²) in [5.41, 5.74) is 1.38. The Morgan fingerprint density at radius 2 is 1.48 bits per heavy atom. The van der Waals surface area contributed by atoms with Gasteiger partial charge in [-0.1, -0.05) is 29.8 Å². The van der Waals surface area contributed by atoms with E-state index in [2.05, 4.69) is 5.32 Å². The lowest BCUT2D eigenvalue weighted by Gasteiger charge is -2.18. The van der Waals surface area contributed by atoms with Gasteiger partial charge < -0.3 is 11.1 Å². The molecule has 0 aromatic heterocycles. The highest BCUT2D eigenvalue weighted by Crippen LogP contribution is 2.36. The molecule has 0 aliphatic carbocycles. The van der Waals surface area contributed by atoms with E-state index < -0.39 is 46.9 Å². The van der Waals surface area contributed by atoms with E-state index in [1.807, 2.05) is 0 Å². The van der Waals surface area contributed by atoms with Crippen LogP contribution in [0.15, 0.2) is 42.5 Å². The summed E-state index contributed by atoms with van der Waals surface area (Å²) < 4.78 is 77.6. The summed E-state index contributed by atoms with van der Waals surface area (Å²) in [4.78, 5) is 23.9. The molecule has 0 fully saturated rings. The van der Waals surface area contributed by atoms with Gasteiger partial charge in [0.2, 0.25) is 5.91 Å². The van der Waals surface area contributed by atoms with Gasteiger partial charge in [-0.25, -0.2) is 0 Å². The molecule has 4 nitrogen and oxygen atoms in total. The standard InChI is InChI=1S/C18H13ClF6N2O2/c19-13-4-2-1-3-9(13)7-14(15(26)28)27-16(29)10-5-11(17(20,21)22)8-12(6-10)18(23,24)25/h1-6,8,14H,7H2,(H2,26,28)(H,27,29)/t14-/m0/s1. The number of carbonyl (C=O) groups is 2. The molecule has 0 aliphatic rings. The fraction of sp³-hybridized carbons (Fsp3) is 0.222. The van der Waals surface area contributed by atoms with Crippen LogP contribution in [0, 0.1) is 0 Å². The van der Waals surface area contributed by atoms with Crippen molar-refractivity contribution in [3.05, 3.63) is 69.7 Å². The van der Waals surface area contributed by atoms with Crippen LogP contribution in [0.3, 0.4) is 0 Å². The van der Waals surface area contributed by atoms with Gasteiger partial charge in [0.25, 0.3) is 5.91 Å². The van der Waals surface area contributed by atoms with Crippen LogP contribution in [0.1, 0.15) is 27.0 Å². The van der Waals surface area contributed by atoms with Crippen LogP contribution in [0.5, 0.6) is 0 Å². The molecule has 0 spiro atoms. The molecule has 0 bridgehead atoms. The Labute approximate surface area is 165 Å². The Hall–Kier alpha value is -2.75. The molecule has 2 rings (SSSR count). The summed E-state index contributed by atoms with van der Waals surface area (Å²) in [6.45, 7) is 0. The molecule has 0 aliphatic heterocycles. The smallest absolute Gasteiger partial charge is 0.368 e. The lowest BCUT2D eigenvalue weighted by atomic mass is 10.0. The van der Waals surface area contributed by atoms with Crippen LogP contribution in [-0.4, -0.2) is 17.9 Å². The number of nitrogens with one attached hydrogen (secondary N) is 1. The summed E-state index contributed by atoms with van der Waals surface area (Å²) in [7, 11) is 0. The number of benzene rings is 2. The van der Waals surface area contributed by atoms with Gasteiger partial charge in [-0.2, -0.15) is 26.3 Å². The minimum Gasteiger partial charge on any atom is -0.368 e. The van der Waals surface area contributed by atoms with Gasteiger partial charge in [0.15, 0.2) is 0 Å². The third kappa shape index (κ3) is 5.86. The van der Waals surface area contributed by atoms with Crippen LogP contribution >= 0.6 is 11.6 Å². The fourth-order valence-corrected chi connectivity index (χ4v) is 2.65. The second-order valence-electron chi connectivity index (χ2n) is 6.02. The molecule has 0 saturated heterocycles. The first-order chi connectivity index (χ1) is 13.3. The zero-order chi connectivity index (χ0) is 22.0. The van der Waals surface area contributed by atoms with E-state index >= 15 is 0 Å². The summed E-state index contributed by atoms with van der Waals surface area (Å²) >= 11 is 5.95. The van der Waals surface area contributed by atoms with Crippen molar-refractivity contribution in [2.45, 2.75) is 24.8 Å². The first-order valence-corrected chi connectivity index (χ1v) is 8.30. The first kappa shape index (κ1) is 22.5. The molecule has 156 valence electrons. The molecule has 1 atom stereocenters. The molecule has 2 aromatic rings. The van der Waals surface area contributed by atoms with Crippen LogP contribution in [0.4, 0.5) is 26.3 Å². The number of halogens is 7. The molecule has 3 N–H and O–H groups in total. The monoisotopic (exact) mass is 438 g/mol. The van der Waals surface area contributed by atoms with E-state index in [0.29, 0.717) is 5.56 Å². The SMILES string of the molecule is NC(=O)[C@H](Cc1ccccc1Cl)NC(=O)c1cc(C(F)(F)F)cc(C(F)(F)F)c1. The zero-order valence-electron chi connectivity index (χ0n) is 14.4. The maximum Gasteiger partial charge on any atom is 0.416 e. The predicted molar refractivity (Wildman–Crippen MR) is 92.1 cm³/mol. The molecule has 0 heterocycles. The van der Waals surface area contributed by atoms with Gasteiger partial charge in [0.05, 0.1) is 11.1 Å². The maximum atomic E-state index is 12.9. The summed E-state index contributed by atoms with van der Waals surface area (Å²) in [5, 5.41) is 2.30. The number of carbonyl (C=O) groups excluding carboxylic acids is 2. The van der Waals surface area contributed by atoms with Crippen molar-refractivity contribution in [3.8, 4) is 0 Å². The van der Waals surface area contributed by atoms with Crippen LogP contribution in [-0.2, 0) is 23.6 Å². The molecule has 29 heavy (non-hydrogen) atoms. The van der Waals surface area contributed by atoms with Crippen molar-refractivity contribution in [1.82, 2.24) is 5.32 Å².